The number of nitrogens with one attached hydrogen (secondary N) is 1. The van der Waals surface area contributed by atoms with Gasteiger partial charge >= 0.3 is 0 Å². The topological polar surface area (TPSA) is 109 Å². The first-order valence-electron chi connectivity index (χ1n) is 9.06. The third-order valence-electron chi connectivity index (χ3n) is 4.53. The Morgan fingerprint density at radius 3 is 2.76 bits per heavy atom. The molecule has 9 nitrogen and oxygen atoms in total. The maximum absolute atomic E-state index is 12.9. The van der Waals surface area contributed by atoms with Crippen LogP contribution in [0.2, 0.25) is 0 Å². The van der Waals surface area contributed by atoms with Gasteiger partial charge in [0.1, 0.15) is 17.9 Å². The van der Waals surface area contributed by atoms with E-state index in [1.54, 1.807) is 0 Å². The number of carbonyl (C=O) groups excluding carboxylic acids is 1. The zero-order valence-electron chi connectivity index (χ0n) is 16.2. The standard InChI is InChI=1S/C20H22N2O7/c1-26-9-10-29-19-12-16(22(24)25)14(11-18(19)27-2)20(23)21-15-7-8-28-17-6-4-3-5-13(15)17/h3-6,11-12,15H,7-10H2,1-2H3,(H,21,23)/t15-/m1/s1. The number of hydrogen-bond acceptors (Lipinski definition) is 7. The van der Waals surface area contributed by atoms with E-state index in [1.807, 2.05) is 24.3 Å². The maximum atomic E-state index is 12.9. The number of carbonyl (C=O) groups is 1. The molecule has 0 spiro atoms. The number of ether oxygens (including phenoxy) is 4. The molecule has 0 saturated carbocycles. The lowest BCUT2D eigenvalue weighted by atomic mass is 10.00. The molecule has 0 aliphatic carbocycles. The SMILES string of the molecule is COCCOc1cc([N+](=O)[O-])c(C(=O)N[C@@H]2CCOc3ccccc32)cc1OC. The summed E-state index contributed by atoms with van der Waals surface area (Å²) in [5, 5.41) is 14.5. The summed E-state index contributed by atoms with van der Waals surface area (Å²) in [5.74, 6) is 0.520. The lowest BCUT2D eigenvalue weighted by molar-refractivity contribution is -0.385. The third-order valence-corrected chi connectivity index (χ3v) is 4.53. The van der Waals surface area contributed by atoms with Gasteiger partial charge in [-0.15, -0.1) is 0 Å². The molecule has 1 atom stereocenters. The highest BCUT2D eigenvalue weighted by molar-refractivity contribution is 5.99. The first-order chi connectivity index (χ1) is 14.0. The predicted octanol–water partition coefficient (Wildman–Crippen LogP) is 2.88. The van der Waals surface area contributed by atoms with Gasteiger partial charge in [0.05, 0.1) is 37.4 Å². The first-order valence-corrected chi connectivity index (χ1v) is 9.06. The maximum Gasteiger partial charge on any atom is 0.286 e. The molecule has 154 valence electrons. The molecule has 2 aromatic rings. The molecular weight excluding hydrogens is 380 g/mol. The van der Waals surface area contributed by atoms with Gasteiger partial charge < -0.3 is 24.3 Å². The van der Waals surface area contributed by atoms with Gasteiger partial charge in [-0.25, -0.2) is 0 Å². The molecule has 1 aliphatic heterocycles. The summed E-state index contributed by atoms with van der Waals surface area (Å²) >= 11 is 0. The Labute approximate surface area is 167 Å². The summed E-state index contributed by atoms with van der Waals surface area (Å²) in [4.78, 5) is 23.9. The minimum Gasteiger partial charge on any atom is -0.493 e. The summed E-state index contributed by atoms with van der Waals surface area (Å²) in [5.41, 5.74) is 0.368. The summed E-state index contributed by atoms with van der Waals surface area (Å²) in [6.07, 6.45) is 0.561. The number of fused-ring (bicyclic) bond motifs is 1. The van der Waals surface area contributed by atoms with Crippen molar-refractivity contribution >= 4 is 11.6 Å². The zero-order chi connectivity index (χ0) is 20.8. The van der Waals surface area contributed by atoms with Gasteiger partial charge in [-0.05, 0) is 6.07 Å². The number of rotatable bonds is 8. The second-order valence-corrected chi connectivity index (χ2v) is 6.32. The van der Waals surface area contributed by atoms with Gasteiger partial charge in [-0.1, -0.05) is 18.2 Å². The number of benzene rings is 2. The lowest BCUT2D eigenvalue weighted by Crippen LogP contribution is -2.32. The minimum absolute atomic E-state index is 0.102. The van der Waals surface area contributed by atoms with E-state index in [0.717, 1.165) is 5.56 Å². The van der Waals surface area contributed by atoms with Crippen molar-refractivity contribution in [3.63, 3.8) is 0 Å². The van der Waals surface area contributed by atoms with Crippen LogP contribution in [0, 0.1) is 10.1 Å². The van der Waals surface area contributed by atoms with E-state index in [9.17, 15) is 14.9 Å². The molecular formula is C20H22N2O7. The molecule has 0 saturated heterocycles. The van der Waals surface area contributed by atoms with Gasteiger partial charge in [0.2, 0.25) is 0 Å². The molecule has 3 rings (SSSR count). The van der Waals surface area contributed by atoms with Crippen LogP contribution in [0.3, 0.4) is 0 Å². The van der Waals surface area contributed by atoms with Crippen LogP contribution in [0.4, 0.5) is 5.69 Å². The molecule has 1 amide bonds. The number of nitro groups is 1. The van der Waals surface area contributed by atoms with Crippen LogP contribution in [-0.2, 0) is 4.74 Å². The van der Waals surface area contributed by atoms with Crippen LogP contribution < -0.4 is 19.5 Å². The molecule has 29 heavy (non-hydrogen) atoms. The quantitative estimate of drug-likeness (QED) is 0.411. The Morgan fingerprint density at radius 1 is 1.24 bits per heavy atom. The molecule has 1 N–H and O–H groups in total. The second-order valence-electron chi connectivity index (χ2n) is 6.32. The molecule has 1 aliphatic rings. The average molecular weight is 402 g/mol. The monoisotopic (exact) mass is 402 g/mol. The highest BCUT2D eigenvalue weighted by Gasteiger charge is 2.28. The van der Waals surface area contributed by atoms with Crippen molar-refractivity contribution in [1.29, 1.82) is 0 Å². The van der Waals surface area contributed by atoms with E-state index in [2.05, 4.69) is 5.32 Å². The number of nitrogens with zero attached hydrogens (tertiary/aromatic N) is 1. The van der Waals surface area contributed by atoms with Crippen LogP contribution in [0.15, 0.2) is 36.4 Å². The Bertz CT molecular complexity index is 900. The van der Waals surface area contributed by atoms with Crippen LogP contribution in [-0.4, -0.2) is 44.9 Å². The minimum atomic E-state index is -0.616. The Kier molecular flexibility index (Phi) is 6.50. The molecule has 0 bridgehead atoms. The smallest absolute Gasteiger partial charge is 0.286 e. The van der Waals surface area contributed by atoms with E-state index < -0.39 is 10.8 Å². The first kappa shape index (κ1) is 20.4. The Morgan fingerprint density at radius 2 is 2.03 bits per heavy atom. The van der Waals surface area contributed by atoms with Gasteiger partial charge in [-0.3, -0.25) is 14.9 Å². The van der Waals surface area contributed by atoms with E-state index in [1.165, 1.54) is 26.4 Å². The fourth-order valence-electron chi connectivity index (χ4n) is 3.12. The van der Waals surface area contributed by atoms with Crippen molar-refractivity contribution in [3.05, 3.63) is 57.6 Å². The highest BCUT2D eigenvalue weighted by atomic mass is 16.6. The zero-order valence-corrected chi connectivity index (χ0v) is 16.2. The van der Waals surface area contributed by atoms with Crippen molar-refractivity contribution in [2.45, 2.75) is 12.5 Å². The number of para-hydroxylation sites is 1. The van der Waals surface area contributed by atoms with Crippen molar-refractivity contribution in [1.82, 2.24) is 5.32 Å². The van der Waals surface area contributed by atoms with Crippen LogP contribution >= 0.6 is 0 Å². The van der Waals surface area contributed by atoms with Crippen molar-refractivity contribution in [3.8, 4) is 17.2 Å². The fourth-order valence-corrected chi connectivity index (χ4v) is 3.12. The molecule has 0 aromatic heterocycles. The number of hydrogen-bond donors (Lipinski definition) is 1. The average Bonchev–Trinajstić information content (AvgIpc) is 2.73. The summed E-state index contributed by atoms with van der Waals surface area (Å²) in [7, 11) is 2.92. The van der Waals surface area contributed by atoms with Crippen molar-refractivity contribution in [2.75, 3.05) is 34.0 Å². The third kappa shape index (κ3) is 4.57. The summed E-state index contributed by atoms with van der Waals surface area (Å²) in [6.45, 7) is 0.941. The number of nitro benzene ring substituents is 1. The largest absolute Gasteiger partial charge is 0.493 e. The molecule has 9 heteroatoms. The normalized spacial score (nSPS) is 15.0. The molecule has 0 radical (unpaired) electrons. The fraction of sp³-hybridized carbons (Fsp3) is 0.350. The van der Waals surface area contributed by atoms with Crippen molar-refractivity contribution < 1.29 is 28.7 Å². The number of methoxy groups -OCH3 is 2. The van der Waals surface area contributed by atoms with Crippen LogP contribution in [0.1, 0.15) is 28.4 Å². The number of amides is 1. The van der Waals surface area contributed by atoms with E-state index in [-0.39, 0.29) is 35.4 Å². The van der Waals surface area contributed by atoms with Gasteiger partial charge in [-0.2, -0.15) is 0 Å². The van der Waals surface area contributed by atoms with Crippen molar-refractivity contribution in [2.24, 2.45) is 0 Å². The van der Waals surface area contributed by atoms with Gasteiger partial charge in [0.15, 0.2) is 11.5 Å². The Balaban J connectivity index is 1.89. The molecule has 0 fully saturated rings. The van der Waals surface area contributed by atoms with Gasteiger partial charge in [0.25, 0.3) is 11.6 Å². The molecule has 1 heterocycles. The molecule has 2 aromatic carbocycles. The molecule has 0 unspecified atom stereocenters. The lowest BCUT2D eigenvalue weighted by Gasteiger charge is -2.26. The van der Waals surface area contributed by atoms with Crippen LogP contribution in [0.5, 0.6) is 17.2 Å². The van der Waals surface area contributed by atoms with Crippen LogP contribution in [0.25, 0.3) is 0 Å². The summed E-state index contributed by atoms with van der Waals surface area (Å²) in [6, 6.07) is 9.59. The Hall–Kier alpha value is -3.33. The summed E-state index contributed by atoms with van der Waals surface area (Å²) < 4.78 is 21.3. The van der Waals surface area contributed by atoms with E-state index in [0.29, 0.717) is 25.4 Å². The van der Waals surface area contributed by atoms with E-state index in [4.69, 9.17) is 18.9 Å². The second kappa shape index (κ2) is 9.24. The predicted molar refractivity (Wildman–Crippen MR) is 104 cm³/mol. The van der Waals surface area contributed by atoms with Gasteiger partial charge in [0, 0.05) is 25.2 Å². The van der Waals surface area contributed by atoms with E-state index >= 15 is 0 Å². The highest BCUT2D eigenvalue weighted by Crippen LogP contribution is 2.36.